The first-order chi connectivity index (χ1) is 17.1. The molecule has 0 aliphatic rings. The van der Waals surface area contributed by atoms with E-state index in [4.69, 9.17) is 23.7 Å². The fourth-order valence-corrected chi connectivity index (χ4v) is 3.65. The Balaban J connectivity index is 4.18. The van der Waals surface area contributed by atoms with Crippen molar-refractivity contribution < 1.29 is 33.3 Å². The number of hydrogen-bond acceptors (Lipinski definition) is 7. The largest absolute Gasteiger partial charge is 0.462 e. The van der Waals surface area contributed by atoms with Crippen molar-refractivity contribution in [3.63, 3.8) is 0 Å². The maximum Gasteiger partial charge on any atom is 0.306 e. The maximum atomic E-state index is 12.3. The van der Waals surface area contributed by atoms with Crippen molar-refractivity contribution in [2.24, 2.45) is 0 Å². The molecule has 7 nitrogen and oxygen atoms in total. The number of carbonyl (C=O) groups excluding carboxylic acids is 2. The lowest BCUT2D eigenvalue weighted by Crippen LogP contribution is -2.30. The zero-order valence-electron chi connectivity index (χ0n) is 23.0. The average molecular weight is 503 g/mol. The highest BCUT2D eigenvalue weighted by Gasteiger charge is 2.17. The number of hydrogen-bond donors (Lipinski definition) is 0. The third kappa shape index (κ3) is 25.7. The number of esters is 2. The number of unbranched alkanes of at least 4 members (excludes halogenated alkanes) is 12. The van der Waals surface area contributed by atoms with E-state index in [2.05, 4.69) is 13.8 Å². The van der Waals surface area contributed by atoms with Crippen LogP contribution in [0.25, 0.3) is 0 Å². The molecule has 35 heavy (non-hydrogen) atoms. The molecular weight excluding hydrogens is 448 g/mol. The number of rotatable bonds is 27. The van der Waals surface area contributed by atoms with Gasteiger partial charge in [0.15, 0.2) is 6.10 Å². The van der Waals surface area contributed by atoms with E-state index in [0.717, 1.165) is 38.5 Å². The topological polar surface area (TPSA) is 80.3 Å². The van der Waals surface area contributed by atoms with Crippen LogP contribution in [0.15, 0.2) is 0 Å². The van der Waals surface area contributed by atoms with Gasteiger partial charge in [0.2, 0.25) is 0 Å². The summed E-state index contributed by atoms with van der Waals surface area (Å²) in [4.78, 5) is 24.4. The van der Waals surface area contributed by atoms with Gasteiger partial charge in [0.1, 0.15) is 6.61 Å². The van der Waals surface area contributed by atoms with E-state index < -0.39 is 6.10 Å². The molecule has 0 aliphatic heterocycles. The maximum absolute atomic E-state index is 12.3. The van der Waals surface area contributed by atoms with Crippen molar-refractivity contribution in [1.29, 1.82) is 0 Å². The normalized spacial score (nSPS) is 12.0. The molecule has 0 fully saturated rings. The van der Waals surface area contributed by atoms with Crippen molar-refractivity contribution >= 4 is 11.9 Å². The Hall–Kier alpha value is -1.18. The van der Waals surface area contributed by atoms with Gasteiger partial charge in [-0.1, -0.05) is 90.9 Å². The monoisotopic (exact) mass is 502 g/mol. The summed E-state index contributed by atoms with van der Waals surface area (Å²) < 4.78 is 26.9. The standard InChI is InChI=1S/C28H54O7/c1-4-6-8-10-12-14-16-18-27(29)34-25-26(24-33-23-22-32-21-20-31-3)35-28(30)19-17-15-13-11-9-7-5-2/h26H,4-25H2,1-3H3. The summed E-state index contributed by atoms with van der Waals surface area (Å²) in [7, 11) is 1.63. The van der Waals surface area contributed by atoms with Crippen LogP contribution in [-0.4, -0.2) is 64.8 Å². The Kier molecular flexibility index (Phi) is 26.5. The van der Waals surface area contributed by atoms with Crippen LogP contribution in [0.5, 0.6) is 0 Å². The zero-order valence-corrected chi connectivity index (χ0v) is 23.0. The van der Waals surface area contributed by atoms with Crippen molar-refractivity contribution in [3.05, 3.63) is 0 Å². The molecule has 0 amide bonds. The second-order valence-electron chi connectivity index (χ2n) is 9.22. The Morgan fingerprint density at radius 2 is 1.06 bits per heavy atom. The molecule has 0 aromatic heterocycles. The van der Waals surface area contributed by atoms with Crippen molar-refractivity contribution in [1.82, 2.24) is 0 Å². The smallest absolute Gasteiger partial charge is 0.306 e. The van der Waals surface area contributed by atoms with Crippen LogP contribution in [0.1, 0.15) is 117 Å². The molecule has 1 atom stereocenters. The van der Waals surface area contributed by atoms with Crippen molar-refractivity contribution in [2.75, 3.05) is 46.8 Å². The van der Waals surface area contributed by atoms with E-state index in [-0.39, 0.29) is 25.2 Å². The highest BCUT2D eigenvalue weighted by atomic mass is 16.6. The minimum absolute atomic E-state index is 0.0304. The Morgan fingerprint density at radius 3 is 1.63 bits per heavy atom. The van der Waals surface area contributed by atoms with Crippen LogP contribution >= 0.6 is 0 Å². The molecule has 0 aliphatic carbocycles. The summed E-state index contributed by atoms with van der Waals surface area (Å²) in [5.74, 6) is -0.499. The first-order valence-electron chi connectivity index (χ1n) is 14.1. The first-order valence-corrected chi connectivity index (χ1v) is 14.1. The van der Waals surface area contributed by atoms with Crippen LogP contribution in [0.4, 0.5) is 0 Å². The number of carbonyl (C=O) groups is 2. The first kappa shape index (κ1) is 33.8. The summed E-state index contributed by atoms with van der Waals surface area (Å²) in [6.07, 6.45) is 16.3. The van der Waals surface area contributed by atoms with E-state index in [1.165, 1.54) is 51.4 Å². The minimum atomic E-state index is -0.593. The van der Waals surface area contributed by atoms with Crippen molar-refractivity contribution in [3.8, 4) is 0 Å². The van der Waals surface area contributed by atoms with Gasteiger partial charge < -0.3 is 23.7 Å². The van der Waals surface area contributed by atoms with Gasteiger partial charge in [0.05, 0.1) is 33.0 Å². The van der Waals surface area contributed by atoms with Gasteiger partial charge in [0, 0.05) is 20.0 Å². The molecule has 0 heterocycles. The van der Waals surface area contributed by atoms with E-state index in [0.29, 0.717) is 39.3 Å². The molecule has 0 bridgehead atoms. The molecular formula is C28H54O7. The number of ether oxygens (including phenoxy) is 5. The van der Waals surface area contributed by atoms with Gasteiger partial charge in [-0.2, -0.15) is 0 Å². The van der Waals surface area contributed by atoms with Gasteiger partial charge in [-0.3, -0.25) is 9.59 Å². The summed E-state index contributed by atoms with van der Waals surface area (Å²) in [5.41, 5.74) is 0. The van der Waals surface area contributed by atoms with Gasteiger partial charge in [-0.05, 0) is 12.8 Å². The van der Waals surface area contributed by atoms with Gasteiger partial charge in [-0.15, -0.1) is 0 Å². The lowest BCUT2D eigenvalue weighted by atomic mass is 10.1. The average Bonchev–Trinajstić information content (AvgIpc) is 2.85. The van der Waals surface area contributed by atoms with Crippen LogP contribution in [0, 0.1) is 0 Å². The molecule has 1 unspecified atom stereocenters. The molecule has 208 valence electrons. The Labute approximate surface area is 214 Å². The van der Waals surface area contributed by atoms with Gasteiger partial charge >= 0.3 is 11.9 Å². The van der Waals surface area contributed by atoms with Crippen LogP contribution in [0.3, 0.4) is 0 Å². The Morgan fingerprint density at radius 1 is 0.571 bits per heavy atom. The highest BCUT2D eigenvalue weighted by molar-refractivity contribution is 5.70. The molecule has 0 N–H and O–H groups in total. The third-order valence-electron chi connectivity index (χ3n) is 5.80. The fourth-order valence-electron chi connectivity index (χ4n) is 3.65. The molecule has 0 saturated heterocycles. The second-order valence-corrected chi connectivity index (χ2v) is 9.22. The molecule has 0 spiro atoms. The van der Waals surface area contributed by atoms with E-state index in [1.807, 2.05) is 0 Å². The minimum Gasteiger partial charge on any atom is -0.462 e. The van der Waals surface area contributed by atoms with Crippen LogP contribution in [-0.2, 0) is 33.3 Å². The zero-order chi connectivity index (χ0) is 25.8. The van der Waals surface area contributed by atoms with Gasteiger partial charge in [0.25, 0.3) is 0 Å². The summed E-state index contributed by atoms with van der Waals surface area (Å²) in [5, 5.41) is 0. The molecule has 0 saturated carbocycles. The molecule has 0 radical (unpaired) electrons. The summed E-state index contributed by atoms with van der Waals surface area (Å²) in [6, 6.07) is 0. The summed E-state index contributed by atoms with van der Waals surface area (Å²) >= 11 is 0. The van der Waals surface area contributed by atoms with Crippen LogP contribution < -0.4 is 0 Å². The van der Waals surface area contributed by atoms with E-state index >= 15 is 0 Å². The lowest BCUT2D eigenvalue weighted by Gasteiger charge is -2.18. The summed E-state index contributed by atoms with van der Waals surface area (Å²) in [6.45, 7) is 6.47. The van der Waals surface area contributed by atoms with Crippen LogP contribution in [0.2, 0.25) is 0 Å². The van der Waals surface area contributed by atoms with Crippen molar-refractivity contribution in [2.45, 2.75) is 123 Å². The fraction of sp³-hybridized carbons (Fsp3) is 0.929. The third-order valence-corrected chi connectivity index (χ3v) is 5.80. The molecule has 0 aromatic rings. The predicted molar refractivity (Wildman–Crippen MR) is 140 cm³/mol. The predicted octanol–water partition coefficient (Wildman–Crippen LogP) is 6.40. The second kappa shape index (κ2) is 27.4. The van der Waals surface area contributed by atoms with E-state index in [9.17, 15) is 9.59 Å². The Bertz CT molecular complexity index is 470. The van der Waals surface area contributed by atoms with Gasteiger partial charge in [-0.25, -0.2) is 0 Å². The molecule has 7 heteroatoms. The SMILES string of the molecule is CCCCCCCCCC(=O)OCC(COCCOCCOC)OC(=O)CCCCCCCCC. The quantitative estimate of drug-likeness (QED) is 0.0949. The molecule has 0 rings (SSSR count). The van der Waals surface area contributed by atoms with E-state index in [1.54, 1.807) is 7.11 Å². The lowest BCUT2D eigenvalue weighted by molar-refractivity contribution is -0.163. The molecule has 0 aromatic carbocycles. The highest BCUT2D eigenvalue weighted by Crippen LogP contribution is 2.11. The number of methoxy groups -OCH3 is 1.